The first-order chi connectivity index (χ1) is 22.0. The molecule has 2 aliphatic carbocycles. The number of rotatable bonds is 6. The zero-order chi connectivity index (χ0) is 30.7. The van der Waals surface area contributed by atoms with Crippen molar-refractivity contribution < 1.29 is 4.74 Å². The first kappa shape index (κ1) is 27.5. The molecule has 220 valence electrons. The minimum Gasteiger partial charge on any atom is -0.461 e. The van der Waals surface area contributed by atoms with Gasteiger partial charge in [-0.05, 0) is 102 Å². The second kappa shape index (κ2) is 10.8. The van der Waals surface area contributed by atoms with Gasteiger partial charge in [0.05, 0.1) is 11.0 Å². The normalized spacial score (nSPS) is 16.6. The number of allylic oxidation sites excluding steroid dienone is 4. The average Bonchev–Trinajstić information content (AvgIpc) is 3.85. The standard InChI is InChI=1S/C43H37NO/c1-27-12-5-7-16-35(27)42-36(31-20-21-31)22-23-38-37-17-8-9-18-39(37)44(43(38)42)34-15-11-14-32(25-34)33-24-29(3)30(4)41(26-33)45-40-19-10-6-13-28(40)2/h5-19,22-26,30-31H,3,20-21H2,1-2,4H3. The van der Waals surface area contributed by atoms with E-state index in [2.05, 4.69) is 135 Å². The van der Waals surface area contributed by atoms with Gasteiger partial charge in [0.25, 0.3) is 0 Å². The third kappa shape index (κ3) is 4.73. The zero-order valence-electron chi connectivity index (χ0n) is 26.2. The third-order valence-corrected chi connectivity index (χ3v) is 9.68. The number of aryl methyl sites for hydroxylation is 2. The Morgan fingerprint density at radius 1 is 0.733 bits per heavy atom. The molecule has 45 heavy (non-hydrogen) atoms. The number of benzene rings is 5. The Morgan fingerprint density at radius 2 is 1.49 bits per heavy atom. The predicted molar refractivity (Wildman–Crippen MR) is 189 cm³/mol. The summed E-state index contributed by atoms with van der Waals surface area (Å²) in [5.74, 6) is 2.54. The summed E-state index contributed by atoms with van der Waals surface area (Å²) in [6, 6.07) is 39.6. The lowest BCUT2D eigenvalue weighted by atomic mass is 9.89. The highest BCUT2D eigenvalue weighted by Crippen LogP contribution is 2.49. The van der Waals surface area contributed by atoms with Crippen LogP contribution >= 0.6 is 0 Å². The van der Waals surface area contributed by atoms with E-state index in [1.165, 1.54) is 56.9 Å². The minimum atomic E-state index is 0.103. The molecule has 8 rings (SSSR count). The summed E-state index contributed by atoms with van der Waals surface area (Å²) in [6.45, 7) is 10.9. The van der Waals surface area contributed by atoms with Crippen LogP contribution in [0.2, 0.25) is 0 Å². The Labute approximate surface area is 265 Å². The molecule has 1 atom stereocenters. The summed E-state index contributed by atoms with van der Waals surface area (Å²) < 4.78 is 9.01. The van der Waals surface area contributed by atoms with Crippen molar-refractivity contribution in [3.63, 3.8) is 0 Å². The Balaban J connectivity index is 1.33. The second-order valence-electron chi connectivity index (χ2n) is 12.7. The van der Waals surface area contributed by atoms with Crippen molar-refractivity contribution >= 4 is 27.4 Å². The average molecular weight is 584 g/mol. The van der Waals surface area contributed by atoms with E-state index in [1.54, 1.807) is 0 Å². The fraction of sp³-hybridized carbons (Fsp3) is 0.163. The molecule has 2 heteroatoms. The predicted octanol–water partition coefficient (Wildman–Crippen LogP) is 11.5. The lowest BCUT2D eigenvalue weighted by molar-refractivity contribution is 0.374. The van der Waals surface area contributed by atoms with Crippen LogP contribution in [0.5, 0.6) is 5.75 Å². The molecule has 0 saturated heterocycles. The minimum absolute atomic E-state index is 0.103. The SMILES string of the molecule is C=C1C=C(c2cccc(-n3c4ccccc4c4ccc(C5CC5)c(-c5ccccc5C)c43)c2)C=C(Oc2ccccc2C)C1C. The van der Waals surface area contributed by atoms with Gasteiger partial charge in [0.1, 0.15) is 11.5 Å². The van der Waals surface area contributed by atoms with Crippen molar-refractivity contribution in [1.29, 1.82) is 0 Å². The number of aromatic nitrogens is 1. The topological polar surface area (TPSA) is 14.2 Å². The summed E-state index contributed by atoms with van der Waals surface area (Å²) in [7, 11) is 0. The van der Waals surface area contributed by atoms with E-state index in [0.717, 1.165) is 39.5 Å². The van der Waals surface area contributed by atoms with Crippen molar-refractivity contribution in [2.24, 2.45) is 5.92 Å². The molecule has 6 aromatic rings. The molecule has 0 radical (unpaired) electrons. The van der Waals surface area contributed by atoms with E-state index in [1.807, 2.05) is 18.2 Å². The van der Waals surface area contributed by atoms with Crippen LogP contribution in [0.15, 0.2) is 139 Å². The van der Waals surface area contributed by atoms with Crippen LogP contribution in [0.25, 0.3) is 44.2 Å². The fourth-order valence-electron chi connectivity index (χ4n) is 6.95. The largest absolute Gasteiger partial charge is 0.461 e. The number of hydrogen-bond acceptors (Lipinski definition) is 1. The second-order valence-corrected chi connectivity index (χ2v) is 12.7. The van der Waals surface area contributed by atoms with Gasteiger partial charge in [-0.2, -0.15) is 0 Å². The van der Waals surface area contributed by atoms with E-state index in [-0.39, 0.29) is 5.92 Å². The lowest BCUT2D eigenvalue weighted by Gasteiger charge is -2.24. The molecule has 0 aliphatic heterocycles. The molecule has 0 spiro atoms. The Hall–Kier alpha value is -5.08. The first-order valence-electron chi connectivity index (χ1n) is 16.1. The van der Waals surface area contributed by atoms with Gasteiger partial charge in [-0.15, -0.1) is 0 Å². The van der Waals surface area contributed by atoms with Crippen molar-refractivity contribution in [3.05, 3.63) is 162 Å². The van der Waals surface area contributed by atoms with Gasteiger partial charge in [0.15, 0.2) is 0 Å². The van der Waals surface area contributed by atoms with E-state index in [4.69, 9.17) is 4.74 Å². The summed E-state index contributed by atoms with van der Waals surface area (Å²) in [5.41, 5.74) is 13.6. The van der Waals surface area contributed by atoms with Crippen molar-refractivity contribution in [3.8, 4) is 22.6 Å². The van der Waals surface area contributed by atoms with E-state index < -0.39 is 0 Å². The van der Waals surface area contributed by atoms with Gasteiger partial charge in [0.2, 0.25) is 0 Å². The van der Waals surface area contributed by atoms with E-state index in [9.17, 15) is 0 Å². The zero-order valence-corrected chi connectivity index (χ0v) is 26.2. The fourth-order valence-corrected chi connectivity index (χ4v) is 6.95. The van der Waals surface area contributed by atoms with Gasteiger partial charge < -0.3 is 9.30 Å². The molecule has 0 N–H and O–H groups in total. The van der Waals surface area contributed by atoms with Gasteiger partial charge in [-0.1, -0.05) is 105 Å². The first-order valence-corrected chi connectivity index (χ1v) is 16.1. The number of nitrogens with zero attached hydrogens (tertiary/aromatic N) is 1. The lowest BCUT2D eigenvalue weighted by Crippen LogP contribution is -2.12. The van der Waals surface area contributed by atoms with Gasteiger partial charge in [0, 0.05) is 27.9 Å². The van der Waals surface area contributed by atoms with Crippen LogP contribution < -0.4 is 4.74 Å². The summed E-state index contributed by atoms with van der Waals surface area (Å²) in [6.07, 6.45) is 6.93. The van der Waals surface area contributed by atoms with Crippen molar-refractivity contribution in [1.82, 2.24) is 4.57 Å². The maximum Gasteiger partial charge on any atom is 0.129 e. The Kier molecular flexibility index (Phi) is 6.60. The maximum atomic E-state index is 6.51. The molecule has 0 amide bonds. The maximum absolute atomic E-state index is 6.51. The van der Waals surface area contributed by atoms with Crippen LogP contribution in [0, 0.1) is 19.8 Å². The van der Waals surface area contributed by atoms with Gasteiger partial charge >= 0.3 is 0 Å². The molecular formula is C43H37NO. The monoisotopic (exact) mass is 583 g/mol. The summed E-state index contributed by atoms with van der Waals surface area (Å²) in [4.78, 5) is 0. The molecule has 1 unspecified atom stereocenters. The number of hydrogen-bond donors (Lipinski definition) is 0. The van der Waals surface area contributed by atoms with Crippen molar-refractivity contribution in [2.45, 2.75) is 39.5 Å². The number of para-hydroxylation sites is 2. The summed E-state index contributed by atoms with van der Waals surface area (Å²) >= 11 is 0. The van der Waals surface area contributed by atoms with Gasteiger partial charge in [-0.25, -0.2) is 0 Å². The molecule has 1 aromatic heterocycles. The van der Waals surface area contributed by atoms with E-state index in [0.29, 0.717) is 5.92 Å². The third-order valence-electron chi connectivity index (χ3n) is 9.68. The van der Waals surface area contributed by atoms with Crippen LogP contribution in [0.3, 0.4) is 0 Å². The molecule has 5 aromatic carbocycles. The van der Waals surface area contributed by atoms with Gasteiger partial charge in [-0.3, -0.25) is 0 Å². The Bertz CT molecular complexity index is 2200. The van der Waals surface area contributed by atoms with Crippen LogP contribution in [-0.2, 0) is 0 Å². The molecule has 1 saturated carbocycles. The van der Waals surface area contributed by atoms with Crippen molar-refractivity contribution in [2.75, 3.05) is 0 Å². The molecule has 2 aliphatic rings. The molecule has 1 heterocycles. The molecule has 1 fully saturated rings. The number of ether oxygens (including phenoxy) is 1. The molecule has 0 bridgehead atoms. The highest BCUT2D eigenvalue weighted by atomic mass is 16.5. The van der Waals surface area contributed by atoms with Crippen LogP contribution in [-0.4, -0.2) is 4.57 Å². The molecular weight excluding hydrogens is 546 g/mol. The Morgan fingerprint density at radius 3 is 2.29 bits per heavy atom. The molecule has 2 nitrogen and oxygen atoms in total. The highest BCUT2D eigenvalue weighted by Gasteiger charge is 2.30. The van der Waals surface area contributed by atoms with Crippen LogP contribution in [0.1, 0.15) is 47.9 Å². The highest BCUT2D eigenvalue weighted by molar-refractivity contribution is 6.14. The number of fused-ring (bicyclic) bond motifs is 3. The summed E-state index contributed by atoms with van der Waals surface area (Å²) in [5, 5.41) is 2.58. The van der Waals surface area contributed by atoms with Crippen LogP contribution in [0.4, 0.5) is 0 Å². The van der Waals surface area contributed by atoms with E-state index >= 15 is 0 Å². The quantitative estimate of drug-likeness (QED) is 0.190. The smallest absolute Gasteiger partial charge is 0.129 e.